The van der Waals surface area contributed by atoms with Crippen molar-refractivity contribution in [2.45, 2.75) is 52.3 Å². The Hall–Kier alpha value is -2.26. The van der Waals surface area contributed by atoms with E-state index in [0.29, 0.717) is 51.0 Å². The van der Waals surface area contributed by atoms with Gasteiger partial charge in [0.2, 0.25) is 5.89 Å². The number of anilines is 1. The molecule has 29 heavy (non-hydrogen) atoms. The lowest BCUT2D eigenvalue weighted by Gasteiger charge is -2.21. The first kappa shape index (κ1) is 21.4. The summed E-state index contributed by atoms with van der Waals surface area (Å²) in [5, 5.41) is 6.32. The lowest BCUT2D eigenvalue weighted by molar-refractivity contribution is 0.0507. The number of rotatable bonds is 6. The number of aromatic nitrogens is 2. The summed E-state index contributed by atoms with van der Waals surface area (Å²) in [5.74, 6) is 1.17. The monoisotopic (exact) mass is 484 g/mol. The molecule has 0 radical (unpaired) electrons. The smallest absolute Gasteiger partial charge is 0.407 e. The fourth-order valence-corrected chi connectivity index (χ4v) is 3.37. The first-order valence-corrected chi connectivity index (χ1v) is 10.2. The molecule has 3 heterocycles. The maximum atomic E-state index is 12.0. The van der Waals surface area contributed by atoms with Gasteiger partial charge in [0.05, 0.1) is 22.9 Å². The van der Waals surface area contributed by atoms with Crippen molar-refractivity contribution in [1.29, 1.82) is 0 Å². The number of pyridine rings is 1. The highest BCUT2D eigenvalue weighted by Crippen LogP contribution is 2.36. The number of hydrogen-bond acceptors (Lipinski definition) is 7. The van der Waals surface area contributed by atoms with Crippen LogP contribution in [0.2, 0.25) is 5.15 Å². The van der Waals surface area contributed by atoms with Crippen LogP contribution in [0.25, 0.3) is 11.1 Å². The summed E-state index contributed by atoms with van der Waals surface area (Å²) in [6, 6.07) is 1.45. The minimum atomic E-state index is -0.562. The molecule has 1 amide bonds. The first-order chi connectivity index (χ1) is 13.6. The molecular formula is C19H22BrClN4O4. The van der Waals surface area contributed by atoms with E-state index in [1.54, 1.807) is 12.3 Å². The normalized spacial score (nSPS) is 12.8. The van der Waals surface area contributed by atoms with Gasteiger partial charge >= 0.3 is 6.09 Å². The van der Waals surface area contributed by atoms with Crippen molar-refractivity contribution < 1.29 is 18.4 Å². The fraction of sp³-hybridized carbons (Fsp3) is 0.421. The summed E-state index contributed by atoms with van der Waals surface area (Å²) in [6.07, 6.45) is 3.04. The molecule has 0 saturated carbocycles. The second-order valence-corrected chi connectivity index (χ2v) is 8.72. The average molecular weight is 486 g/mol. The van der Waals surface area contributed by atoms with E-state index in [9.17, 15) is 4.79 Å². The molecular weight excluding hydrogens is 464 g/mol. The SMILES string of the molecule is C[C@@H](Cc1oc2c(NCc3ncco3)cc(Cl)nc2c1Br)NC(=O)OC(C)(C)C. The molecule has 0 unspecified atom stereocenters. The highest BCUT2D eigenvalue weighted by Gasteiger charge is 2.22. The van der Waals surface area contributed by atoms with E-state index in [1.165, 1.54) is 6.26 Å². The minimum Gasteiger partial charge on any atom is -0.456 e. The number of oxazole rings is 1. The van der Waals surface area contributed by atoms with Crippen molar-refractivity contribution in [2.75, 3.05) is 5.32 Å². The number of fused-ring (bicyclic) bond motifs is 1. The quantitative estimate of drug-likeness (QED) is 0.457. The number of furan rings is 1. The van der Waals surface area contributed by atoms with Crippen LogP contribution in [0.1, 0.15) is 39.3 Å². The van der Waals surface area contributed by atoms with Gasteiger partial charge in [-0.05, 0) is 43.6 Å². The van der Waals surface area contributed by atoms with E-state index in [2.05, 4.69) is 36.5 Å². The van der Waals surface area contributed by atoms with Crippen molar-refractivity contribution in [3.63, 3.8) is 0 Å². The van der Waals surface area contributed by atoms with E-state index in [1.807, 2.05) is 27.7 Å². The Labute approximate surface area is 181 Å². The fourth-order valence-electron chi connectivity index (χ4n) is 2.67. The molecule has 0 aliphatic rings. The number of alkyl carbamates (subject to hydrolysis) is 1. The van der Waals surface area contributed by atoms with Crippen LogP contribution in [-0.4, -0.2) is 27.7 Å². The van der Waals surface area contributed by atoms with Crippen LogP contribution < -0.4 is 10.6 Å². The summed E-state index contributed by atoms with van der Waals surface area (Å²) in [4.78, 5) is 20.4. The Balaban J connectivity index is 1.77. The van der Waals surface area contributed by atoms with Crippen LogP contribution in [0.3, 0.4) is 0 Å². The Morgan fingerprint density at radius 2 is 2.17 bits per heavy atom. The zero-order valence-electron chi connectivity index (χ0n) is 16.5. The Kier molecular flexibility index (Phi) is 6.38. The predicted molar refractivity (Wildman–Crippen MR) is 113 cm³/mol. The van der Waals surface area contributed by atoms with Gasteiger partial charge in [0.15, 0.2) is 5.58 Å². The van der Waals surface area contributed by atoms with Gasteiger partial charge in [0.25, 0.3) is 0 Å². The van der Waals surface area contributed by atoms with E-state index in [-0.39, 0.29) is 6.04 Å². The highest BCUT2D eigenvalue weighted by molar-refractivity contribution is 9.10. The van der Waals surface area contributed by atoms with E-state index in [4.69, 9.17) is 25.2 Å². The van der Waals surface area contributed by atoms with Crippen LogP contribution in [-0.2, 0) is 17.7 Å². The zero-order chi connectivity index (χ0) is 21.2. The Morgan fingerprint density at radius 3 is 2.83 bits per heavy atom. The lowest BCUT2D eigenvalue weighted by atomic mass is 10.2. The molecule has 156 valence electrons. The number of carbonyl (C=O) groups excluding carboxylic acids is 1. The number of halogens is 2. The maximum absolute atomic E-state index is 12.0. The molecule has 1 atom stereocenters. The van der Waals surface area contributed by atoms with Gasteiger partial charge < -0.3 is 24.2 Å². The van der Waals surface area contributed by atoms with E-state index >= 15 is 0 Å². The number of hydrogen-bond donors (Lipinski definition) is 2. The largest absolute Gasteiger partial charge is 0.456 e. The molecule has 8 nitrogen and oxygen atoms in total. The maximum Gasteiger partial charge on any atom is 0.407 e. The van der Waals surface area contributed by atoms with Gasteiger partial charge in [0.1, 0.15) is 28.3 Å². The second kappa shape index (κ2) is 8.62. The summed E-state index contributed by atoms with van der Waals surface area (Å²) in [7, 11) is 0. The topological polar surface area (TPSA) is 102 Å². The van der Waals surface area contributed by atoms with Crippen LogP contribution in [0.4, 0.5) is 10.5 Å². The predicted octanol–water partition coefficient (Wildman–Crippen LogP) is 5.30. The van der Waals surface area contributed by atoms with Crippen molar-refractivity contribution >= 4 is 50.4 Å². The Morgan fingerprint density at radius 1 is 1.41 bits per heavy atom. The summed E-state index contributed by atoms with van der Waals surface area (Å²) in [5.41, 5.74) is 1.24. The molecule has 3 aromatic heterocycles. The average Bonchev–Trinajstić information content (AvgIpc) is 3.21. The second-order valence-electron chi connectivity index (χ2n) is 7.54. The van der Waals surface area contributed by atoms with Gasteiger partial charge in [-0.2, -0.15) is 0 Å². The van der Waals surface area contributed by atoms with Gasteiger partial charge in [-0.25, -0.2) is 14.8 Å². The van der Waals surface area contributed by atoms with Crippen LogP contribution in [0.15, 0.2) is 31.8 Å². The third-order valence-electron chi connectivity index (χ3n) is 3.79. The summed E-state index contributed by atoms with van der Waals surface area (Å²) in [6.45, 7) is 7.68. The molecule has 0 aliphatic carbocycles. The molecule has 10 heteroatoms. The van der Waals surface area contributed by atoms with Crippen LogP contribution in [0.5, 0.6) is 0 Å². The molecule has 0 aromatic carbocycles. The number of ether oxygens (including phenoxy) is 1. The third kappa shape index (κ3) is 5.63. The van der Waals surface area contributed by atoms with Crippen molar-refractivity contribution in [1.82, 2.24) is 15.3 Å². The molecule has 0 fully saturated rings. The van der Waals surface area contributed by atoms with Gasteiger partial charge in [0, 0.05) is 18.5 Å². The molecule has 2 N–H and O–H groups in total. The van der Waals surface area contributed by atoms with Crippen molar-refractivity contribution in [3.05, 3.63) is 39.8 Å². The minimum absolute atomic E-state index is 0.221. The zero-order valence-corrected chi connectivity index (χ0v) is 18.8. The number of nitrogens with zero attached hydrogens (tertiary/aromatic N) is 2. The molecule has 3 aromatic rings. The molecule has 0 bridgehead atoms. The standard InChI is InChI=1S/C19H22BrClN4O4/c1-10(24-18(26)29-19(2,3)4)7-12-15(20)16-17(28-12)11(8-13(21)25-16)23-9-14-22-5-6-27-14/h5-6,8,10H,7,9H2,1-4H3,(H,23,25)(H,24,26)/t10-/m0/s1. The molecule has 0 saturated heterocycles. The Bertz CT molecular complexity index is 998. The van der Waals surface area contributed by atoms with Crippen LogP contribution in [0, 0.1) is 0 Å². The van der Waals surface area contributed by atoms with Gasteiger partial charge in [-0.3, -0.25) is 0 Å². The number of nitrogens with one attached hydrogen (secondary N) is 2. The lowest BCUT2D eigenvalue weighted by Crippen LogP contribution is -2.38. The molecule has 0 aliphatic heterocycles. The molecule has 0 spiro atoms. The van der Waals surface area contributed by atoms with E-state index < -0.39 is 11.7 Å². The van der Waals surface area contributed by atoms with Crippen molar-refractivity contribution in [2.24, 2.45) is 0 Å². The van der Waals surface area contributed by atoms with E-state index in [0.717, 1.165) is 0 Å². The molecule has 3 rings (SSSR count). The first-order valence-electron chi connectivity index (χ1n) is 9.01. The number of amides is 1. The summed E-state index contributed by atoms with van der Waals surface area (Å²) >= 11 is 9.71. The highest BCUT2D eigenvalue weighted by atomic mass is 79.9. The third-order valence-corrected chi connectivity index (χ3v) is 4.80. The summed E-state index contributed by atoms with van der Waals surface area (Å²) < 4.78 is 17.2. The van der Waals surface area contributed by atoms with Gasteiger partial charge in [-0.1, -0.05) is 11.6 Å². The van der Waals surface area contributed by atoms with Crippen LogP contribution >= 0.6 is 27.5 Å². The van der Waals surface area contributed by atoms with Gasteiger partial charge in [-0.15, -0.1) is 0 Å². The number of carbonyl (C=O) groups is 1. The van der Waals surface area contributed by atoms with Crippen molar-refractivity contribution in [3.8, 4) is 0 Å².